The van der Waals surface area contributed by atoms with Gasteiger partial charge in [-0.2, -0.15) is 0 Å². The minimum Gasteiger partial charge on any atom is -0.312 e. The monoisotopic (exact) mass is 286 g/mol. The molecule has 0 amide bonds. The fraction of sp³-hybridized carbons (Fsp3) is 0.529. The summed E-state index contributed by atoms with van der Waals surface area (Å²) < 4.78 is 1.94. The number of nitrogens with one attached hydrogen (secondary N) is 1. The van der Waals surface area contributed by atoms with Crippen molar-refractivity contribution < 1.29 is 0 Å². The molecule has 1 heterocycles. The van der Waals surface area contributed by atoms with Crippen LogP contribution < -0.4 is 5.32 Å². The van der Waals surface area contributed by atoms with Crippen molar-refractivity contribution in [3.05, 3.63) is 42.2 Å². The third-order valence-electron chi connectivity index (χ3n) is 3.88. The van der Waals surface area contributed by atoms with E-state index in [1.807, 2.05) is 36.1 Å². The maximum atomic E-state index is 4.24. The van der Waals surface area contributed by atoms with Crippen LogP contribution in [0.5, 0.6) is 0 Å². The predicted octanol–water partition coefficient (Wildman–Crippen LogP) is 3.89. The van der Waals surface area contributed by atoms with Crippen LogP contribution in [-0.2, 0) is 0 Å². The highest BCUT2D eigenvalue weighted by Gasteiger charge is 2.15. The number of nitrogens with zero attached hydrogens (tertiary/aromatic N) is 3. The van der Waals surface area contributed by atoms with E-state index >= 15 is 0 Å². The van der Waals surface area contributed by atoms with Crippen LogP contribution in [0.2, 0.25) is 0 Å². The summed E-state index contributed by atoms with van der Waals surface area (Å²) >= 11 is 0. The smallest absolute Gasteiger partial charge is 0.0815 e. The molecule has 114 valence electrons. The van der Waals surface area contributed by atoms with Crippen molar-refractivity contribution in [3.63, 3.8) is 0 Å². The zero-order chi connectivity index (χ0) is 14.9. The summed E-state index contributed by atoms with van der Waals surface area (Å²) in [5.41, 5.74) is 2.20. The summed E-state index contributed by atoms with van der Waals surface area (Å²) in [7, 11) is 2.01. The third kappa shape index (κ3) is 4.39. The number of aromatic nitrogens is 3. The van der Waals surface area contributed by atoms with Gasteiger partial charge in [0.1, 0.15) is 0 Å². The van der Waals surface area contributed by atoms with Crippen LogP contribution in [-0.4, -0.2) is 22.0 Å². The Morgan fingerprint density at radius 1 is 1.10 bits per heavy atom. The Morgan fingerprint density at radius 3 is 2.57 bits per heavy atom. The van der Waals surface area contributed by atoms with Gasteiger partial charge in [0.15, 0.2) is 0 Å². The molecule has 21 heavy (non-hydrogen) atoms. The van der Waals surface area contributed by atoms with Gasteiger partial charge in [-0.05, 0) is 25.6 Å². The van der Waals surface area contributed by atoms with Gasteiger partial charge >= 0.3 is 0 Å². The second kappa shape index (κ2) is 8.57. The lowest BCUT2D eigenvalue weighted by Crippen LogP contribution is -2.20. The molecule has 1 atom stereocenters. The van der Waals surface area contributed by atoms with E-state index in [4.69, 9.17) is 0 Å². The first kappa shape index (κ1) is 15.7. The van der Waals surface area contributed by atoms with E-state index in [1.165, 1.54) is 32.1 Å². The Kier molecular flexibility index (Phi) is 6.41. The third-order valence-corrected chi connectivity index (χ3v) is 3.88. The molecule has 0 radical (unpaired) electrons. The maximum absolute atomic E-state index is 4.24. The fourth-order valence-electron chi connectivity index (χ4n) is 2.64. The Morgan fingerprint density at radius 2 is 1.86 bits per heavy atom. The summed E-state index contributed by atoms with van der Waals surface area (Å²) in [5, 5.41) is 11.7. The van der Waals surface area contributed by atoms with Gasteiger partial charge in [0.2, 0.25) is 0 Å². The lowest BCUT2D eigenvalue weighted by molar-refractivity contribution is 0.481. The molecule has 2 aromatic rings. The lowest BCUT2D eigenvalue weighted by Gasteiger charge is -2.17. The molecule has 0 bridgehead atoms. The molecule has 2 rings (SSSR count). The van der Waals surface area contributed by atoms with Crippen LogP contribution in [0.15, 0.2) is 36.5 Å². The summed E-state index contributed by atoms with van der Waals surface area (Å²) in [4.78, 5) is 0. The standard InChI is InChI=1S/C17H26N4/c1-3-4-5-6-10-13-16(18-2)17-14-19-20-21(17)15-11-8-7-9-12-15/h7-9,11-12,14,16,18H,3-6,10,13H2,1-2H3. The number of unbranched alkanes of at least 4 members (excludes halogenated alkanes) is 4. The number of hydrogen-bond donors (Lipinski definition) is 1. The average molecular weight is 286 g/mol. The molecule has 4 nitrogen and oxygen atoms in total. The second-order valence-electron chi connectivity index (χ2n) is 5.45. The highest BCUT2D eigenvalue weighted by Crippen LogP contribution is 2.21. The van der Waals surface area contributed by atoms with Crippen LogP contribution >= 0.6 is 0 Å². The molecule has 1 N–H and O–H groups in total. The lowest BCUT2D eigenvalue weighted by atomic mass is 10.0. The molecule has 0 aliphatic carbocycles. The quantitative estimate of drug-likeness (QED) is 0.711. The molecular formula is C17H26N4. The highest BCUT2D eigenvalue weighted by atomic mass is 15.4. The van der Waals surface area contributed by atoms with E-state index in [0.29, 0.717) is 6.04 Å². The Bertz CT molecular complexity index is 507. The predicted molar refractivity (Wildman–Crippen MR) is 86.5 cm³/mol. The van der Waals surface area contributed by atoms with Gasteiger partial charge in [0.25, 0.3) is 0 Å². The SMILES string of the molecule is CCCCCCCC(NC)c1cnnn1-c1ccccc1. The van der Waals surface area contributed by atoms with Gasteiger partial charge in [0.05, 0.1) is 23.6 Å². The van der Waals surface area contributed by atoms with Gasteiger partial charge in [-0.3, -0.25) is 0 Å². The molecule has 1 unspecified atom stereocenters. The minimum absolute atomic E-state index is 0.307. The summed E-state index contributed by atoms with van der Waals surface area (Å²) in [6.07, 6.45) is 9.52. The first-order valence-electron chi connectivity index (χ1n) is 8.00. The Balaban J connectivity index is 2.01. The maximum Gasteiger partial charge on any atom is 0.0815 e. The van der Waals surface area contributed by atoms with Crippen molar-refractivity contribution in [2.75, 3.05) is 7.05 Å². The van der Waals surface area contributed by atoms with Gasteiger partial charge < -0.3 is 5.32 Å². The van der Waals surface area contributed by atoms with Gasteiger partial charge in [0, 0.05) is 0 Å². The van der Waals surface area contributed by atoms with E-state index < -0.39 is 0 Å². The fourth-order valence-corrected chi connectivity index (χ4v) is 2.64. The van der Waals surface area contributed by atoms with Crippen molar-refractivity contribution in [3.8, 4) is 5.69 Å². The first-order valence-corrected chi connectivity index (χ1v) is 8.00. The first-order chi connectivity index (χ1) is 10.4. The second-order valence-corrected chi connectivity index (χ2v) is 5.45. The van der Waals surface area contributed by atoms with Gasteiger partial charge in [-0.25, -0.2) is 4.68 Å². The van der Waals surface area contributed by atoms with E-state index in [1.54, 1.807) is 0 Å². The van der Waals surface area contributed by atoms with E-state index in [2.05, 4.69) is 34.7 Å². The van der Waals surface area contributed by atoms with E-state index in [0.717, 1.165) is 17.8 Å². The molecule has 0 aliphatic heterocycles. The number of benzene rings is 1. The van der Waals surface area contributed by atoms with Crippen molar-refractivity contribution in [2.24, 2.45) is 0 Å². The Labute approximate surface area is 127 Å². The van der Waals surface area contributed by atoms with Crippen LogP contribution in [0.25, 0.3) is 5.69 Å². The average Bonchev–Trinajstić information content (AvgIpc) is 3.01. The van der Waals surface area contributed by atoms with Crippen LogP contribution in [0, 0.1) is 0 Å². The van der Waals surface area contributed by atoms with E-state index in [9.17, 15) is 0 Å². The van der Waals surface area contributed by atoms with Crippen molar-refractivity contribution >= 4 is 0 Å². The van der Waals surface area contributed by atoms with Crippen molar-refractivity contribution in [2.45, 2.75) is 51.5 Å². The zero-order valence-corrected chi connectivity index (χ0v) is 13.1. The largest absolute Gasteiger partial charge is 0.312 e. The van der Waals surface area contributed by atoms with Crippen molar-refractivity contribution in [1.82, 2.24) is 20.3 Å². The minimum atomic E-state index is 0.307. The molecule has 0 aliphatic rings. The summed E-state index contributed by atoms with van der Waals surface area (Å²) in [6, 6.07) is 10.5. The molecule has 1 aromatic carbocycles. The molecule has 0 saturated heterocycles. The summed E-state index contributed by atoms with van der Waals surface area (Å²) in [6.45, 7) is 2.25. The van der Waals surface area contributed by atoms with E-state index in [-0.39, 0.29) is 0 Å². The van der Waals surface area contributed by atoms with Crippen LogP contribution in [0.1, 0.15) is 57.2 Å². The normalized spacial score (nSPS) is 12.5. The zero-order valence-electron chi connectivity index (χ0n) is 13.1. The molecule has 1 aromatic heterocycles. The highest BCUT2D eigenvalue weighted by molar-refractivity contribution is 5.32. The molecule has 0 fully saturated rings. The topological polar surface area (TPSA) is 42.7 Å². The van der Waals surface area contributed by atoms with Crippen molar-refractivity contribution in [1.29, 1.82) is 0 Å². The van der Waals surface area contributed by atoms with Crippen LogP contribution in [0.4, 0.5) is 0 Å². The molecule has 0 saturated carbocycles. The number of hydrogen-bond acceptors (Lipinski definition) is 3. The Hall–Kier alpha value is -1.68. The van der Waals surface area contributed by atoms with Gasteiger partial charge in [-0.1, -0.05) is 62.4 Å². The summed E-state index contributed by atoms with van der Waals surface area (Å²) in [5.74, 6) is 0. The number of rotatable bonds is 9. The molecule has 4 heteroatoms. The molecular weight excluding hydrogens is 260 g/mol. The van der Waals surface area contributed by atoms with Gasteiger partial charge in [-0.15, -0.1) is 5.10 Å². The van der Waals surface area contributed by atoms with Crippen LogP contribution in [0.3, 0.4) is 0 Å². The number of para-hydroxylation sites is 1. The molecule has 0 spiro atoms.